The van der Waals surface area contributed by atoms with Crippen molar-refractivity contribution >= 4 is 0 Å². The predicted octanol–water partition coefficient (Wildman–Crippen LogP) is 1.84. The summed E-state index contributed by atoms with van der Waals surface area (Å²) in [5.41, 5.74) is 5.80. The van der Waals surface area contributed by atoms with E-state index in [1.54, 1.807) is 0 Å². The maximum atomic E-state index is 5.80. The van der Waals surface area contributed by atoms with E-state index in [0.29, 0.717) is 6.04 Å². The molecule has 2 unspecified atom stereocenters. The van der Waals surface area contributed by atoms with Gasteiger partial charge in [-0.3, -0.25) is 0 Å². The SMILES string of the molecule is CC(C)N(C)C1CCCCC1CN. The van der Waals surface area contributed by atoms with Gasteiger partial charge in [0.1, 0.15) is 0 Å². The zero-order valence-corrected chi connectivity index (χ0v) is 9.29. The molecule has 0 saturated heterocycles. The lowest BCUT2D eigenvalue weighted by Gasteiger charge is -2.39. The summed E-state index contributed by atoms with van der Waals surface area (Å²) in [5, 5.41) is 0. The van der Waals surface area contributed by atoms with Crippen molar-refractivity contribution in [2.75, 3.05) is 13.6 Å². The van der Waals surface area contributed by atoms with Gasteiger partial charge in [-0.1, -0.05) is 12.8 Å². The van der Waals surface area contributed by atoms with Gasteiger partial charge in [-0.05, 0) is 46.2 Å². The summed E-state index contributed by atoms with van der Waals surface area (Å²) < 4.78 is 0. The molecule has 78 valence electrons. The number of nitrogens with two attached hydrogens (primary N) is 1. The first-order valence-corrected chi connectivity index (χ1v) is 5.58. The minimum absolute atomic E-state index is 0.650. The molecule has 2 atom stereocenters. The maximum absolute atomic E-state index is 5.80. The van der Waals surface area contributed by atoms with E-state index in [9.17, 15) is 0 Å². The summed E-state index contributed by atoms with van der Waals surface area (Å²) in [6.45, 7) is 5.39. The lowest BCUT2D eigenvalue weighted by molar-refractivity contribution is 0.106. The third-order valence-electron chi connectivity index (χ3n) is 3.51. The molecule has 0 aromatic rings. The van der Waals surface area contributed by atoms with E-state index in [0.717, 1.165) is 18.5 Å². The monoisotopic (exact) mass is 184 g/mol. The van der Waals surface area contributed by atoms with Gasteiger partial charge in [0.25, 0.3) is 0 Å². The zero-order chi connectivity index (χ0) is 9.84. The fraction of sp³-hybridized carbons (Fsp3) is 1.00. The summed E-state index contributed by atoms with van der Waals surface area (Å²) in [7, 11) is 2.24. The van der Waals surface area contributed by atoms with Crippen LogP contribution in [0, 0.1) is 5.92 Å². The minimum atomic E-state index is 0.650. The highest BCUT2D eigenvalue weighted by Crippen LogP contribution is 2.27. The number of nitrogens with zero attached hydrogens (tertiary/aromatic N) is 1. The van der Waals surface area contributed by atoms with Gasteiger partial charge in [0.15, 0.2) is 0 Å². The van der Waals surface area contributed by atoms with Crippen LogP contribution in [0.2, 0.25) is 0 Å². The van der Waals surface area contributed by atoms with Crippen LogP contribution < -0.4 is 5.73 Å². The normalized spacial score (nSPS) is 30.0. The first-order chi connectivity index (χ1) is 6.16. The second kappa shape index (κ2) is 4.97. The van der Waals surface area contributed by atoms with E-state index in [1.807, 2.05) is 0 Å². The molecule has 0 radical (unpaired) electrons. The van der Waals surface area contributed by atoms with Crippen LogP contribution in [-0.4, -0.2) is 30.6 Å². The Kier molecular flexibility index (Phi) is 4.20. The Morgan fingerprint density at radius 1 is 1.31 bits per heavy atom. The molecule has 1 rings (SSSR count). The van der Waals surface area contributed by atoms with Gasteiger partial charge in [0, 0.05) is 12.1 Å². The van der Waals surface area contributed by atoms with Gasteiger partial charge in [0.2, 0.25) is 0 Å². The predicted molar refractivity (Wildman–Crippen MR) is 57.7 cm³/mol. The summed E-state index contributed by atoms with van der Waals surface area (Å²) in [6, 6.07) is 1.39. The average Bonchev–Trinajstić information content (AvgIpc) is 2.16. The quantitative estimate of drug-likeness (QED) is 0.725. The van der Waals surface area contributed by atoms with Crippen LogP contribution >= 0.6 is 0 Å². The molecule has 1 aliphatic carbocycles. The molecule has 0 heterocycles. The Bertz CT molecular complexity index is 143. The first-order valence-electron chi connectivity index (χ1n) is 5.58. The Morgan fingerprint density at radius 3 is 2.46 bits per heavy atom. The molecule has 1 fully saturated rings. The standard InChI is InChI=1S/C11H24N2/c1-9(2)13(3)11-7-5-4-6-10(11)8-12/h9-11H,4-8,12H2,1-3H3. The molecule has 0 aromatic carbocycles. The smallest absolute Gasteiger partial charge is 0.0135 e. The lowest BCUT2D eigenvalue weighted by Crippen LogP contribution is -2.45. The third-order valence-corrected chi connectivity index (χ3v) is 3.51. The van der Waals surface area contributed by atoms with Crippen molar-refractivity contribution < 1.29 is 0 Å². The number of hydrogen-bond acceptors (Lipinski definition) is 2. The molecule has 1 aliphatic rings. The van der Waals surface area contributed by atoms with E-state index < -0.39 is 0 Å². The van der Waals surface area contributed by atoms with Crippen molar-refractivity contribution in [1.82, 2.24) is 4.90 Å². The molecular weight excluding hydrogens is 160 g/mol. The fourth-order valence-electron chi connectivity index (χ4n) is 2.38. The van der Waals surface area contributed by atoms with E-state index in [1.165, 1.54) is 25.7 Å². The molecule has 2 N–H and O–H groups in total. The van der Waals surface area contributed by atoms with Gasteiger partial charge in [-0.2, -0.15) is 0 Å². The van der Waals surface area contributed by atoms with Crippen molar-refractivity contribution in [3.8, 4) is 0 Å². The lowest BCUT2D eigenvalue weighted by atomic mass is 9.83. The van der Waals surface area contributed by atoms with Crippen molar-refractivity contribution in [3.63, 3.8) is 0 Å². The zero-order valence-electron chi connectivity index (χ0n) is 9.29. The highest BCUT2D eigenvalue weighted by molar-refractivity contribution is 4.83. The molecule has 2 heteroatoms. The number of rotatable bonds is 3. The average molecular weight is 184 g/mol. The highest BCUT2D eigenvalue weighted by Gasteiger charge is 2.27. The molecule has 0 bridgehead atoms. The molecule has 0 spiro atoms. The second-order valence-electron chi connectivity index (χ2n) is 4.61. The van der Waals surface area contributed by atoms with Gasteiger partial charge in [-0.15, -0.1) is 0 Å². The van der Waals surface area contributed by atoms with Crippen LogP contribution in [0.15, 0.2) is 0 Å². The van der Waals surface area contributed by atoms with Crippen molar-refractivity contribution in [2.45, 2.75) is 51.6 Å². The van der Waals surface area contributed by atoms with Gasteiger partial charge < -0.3 is 10.6 Å². The fourth-order valence-corrected chi connectivity index (χ4v) is 2.38. The third kappa shape index (κ3) is 2.68. The molecule has 0 amide bonds. The Balaban J connectivity index is 2.53. The van der Waals surface area contributed by atoms with Gasteiger partial charge in [-0.25, -0.2) is 0 Å². The largest absolute Gasteiger partial charge is 0.330 e. The molecule has 0 aliphatic heterocycles. The second-order valence-corrected chi connectivity index (χ2v) is 4.61. The van der Waals surface area contributed by atoms with E-state index >= 15 is 0 Å². The van der Waals surface area contributed by atoms with Crippen molar-refractivity contribution in [3.05, 3.63) is 0 Å². The Labute approximate surface area is 82.5 Å². The van der Waals surface area contributed by atoms with Crippen LogP contribution in [0.1, 0.15) is 39.5 Å². The summed E-state index contributed by atoms with van der Waals surface area (Å²) >= 11 is 0. The molecule has 1 saturated carbocycles. The van der Waals surface area contributed by atoms with E-state index in [4.69, 9.17) is 5.73 Å². The Morgan fingerprint density at radius 2 is 1.92 bits per heavy atom. The van der Waals surface area contributed by atoms with Crippen LogP contribution in [0.5, 0.6) is 0 Å². The van der Waals surface area contributed by atoms with Gasteiger partial charge >= 0.3 is 0 Å². The molecule has 0 aromatic heterocycles. The van der Waals surface area contributed by atoms with Crippen LogP contribution in [0.4, 0.5) is 0 Å². The van der Waals surface area contributed by atoms with Crippen LogP contribution in [-0.2, 0) is 0 Å². The summed E-state index contributed by atoms with van der Waals surface area (Å²) in [4.78, 5) is 2.50. The van der Waals surface area contributed by atoms with Crippen LogP contribution in [0.3, 0.4) is 0 Å². The molecule has 13 heavy (non-hydrogen) atoms. The summed E-state index contributed by atoms with van der Waals surface area (Å²) in [6.07, 6.45) is 5.44. The Hall–Kier alpha value is -0.0800. The topological polar surface area (TPSA) is 29.3 Å². The number of hydrogen-bond donors (Lipinski definition) is 1. The summed E-state index contributed by atoms with van der Waals surface area (Å²) in [5.74, 6) is 0.737. The van der Waals surface area contributed by atoms with E-state index in [2.05, 4.69) is 25.8 Å². The van der Waals surface area contributed by atoms with Gasteiger partial charge in [0.05, 0.1) is 0 Å². The van der Waals surface area contributed by atoms with Crippen molar-refractivity contribution in [2.24, 2.45) is 11.7 Å². The molecule has 2 nitrogen and oxygen atoms in total. The van der Waals surface area contributed by atoms with Crippen molar-refractivity contribution in [1.29, 1.82) is 0 Å². The molecular formula is C11H24N2. The first kappa shape index (κ1) is 11.0. The maximum Gasteiger partial charge on any atom is 0.0135 e. The van der Waals surface area contributed by atoms with E-state index in [-0.39, 0.29) is 0 Å². The van der Waals surface area contributed by atoms with Crippen LogP contribution in [0.25, 0.3) is 0 Å². The minimum Gasteiger partial charge on any atom is -0.330 e. The highest BCUT2D eigenvalue weighted by atomic mass is 15.2.